The lowest BCUT2D eigenvalue weighted by molar-refractivity contribution is -0.591. The number of halogens is 1. The number of aliphatic hydroxyl groups excluding tert-OH is 2. The summed E-state index contributed by atoms with van der Waals surface area (Å²) < 4.78 is 20.8. The highest BCUT2D eigenvalue weighted by molar-refractivity contribution is 5.85. The third-order valence-corrected chi connectivity index (χ3v) is 3.93. The number of aromatic nitrogens is 3. The molecule has 3 heterocycles. The van der Waals surface area contributed by atoms with Gasteiger partial charge in [-0.3, -0.25) is 9.30 Å². The summed E-state index contributed by atoms with van der Waals surface area (Å²) in [4.78, 5) is 3.81. The molecule has 1 fully saturated rings. The number of nitrogens with two attached hydrogens (primary N) is 1. The van der Waals surface area contributed by atoms with Gasteiger partial charge in [0.2, 0.25) is 17.8 Å². The zero-order valence-electron chi connectivity index (χ0n) is 11.5. The third kappa shape index (κ3) is 1.85. The van der Waals surface area contributed by atoms with Crippen molar-refractivity contribution in [3.63, 3.8) is 0 Å². The number of ether oxygens (including phenoxy) is 1. The zero-order chi connectivity index (χ0) is 16.2. The van der Waals surface area contributed by atoms with E-state index in [1.54, 1.807) is 0 Å². The predicted molar refractivity (Wildman–Crippen MR) is 70.7 cm³/mol. The van der Waals surface area contributed by atoms with Crippen LogP contribution >= 0.6 is 0 Å². The monoisotopic (exact) mass is 314 g/mol. The van der Waals surface area contributed by atoms with Crippen molar-refractivity contribution in [1.29, 1.82) is 0 Å². The normalized spacial score (nSPS) is 32.0. The maximum atomic E-state index is 14.1. The quantitative estimate of drug-likeness (QED) is 0.386. The van der Waals surface area contributed by atoms with E-state index >= 15 is 0 Å². The fraction of sp³-hybridized carbons (Fsp3) is 0.500. The summed E-state index contributed by atoms with van der Waals surface area (Å²) in [6, 6.07) is 0. The molecule has 0 amide bonds. The Bertz CT molecular complexity index is 734. The van der Waals surface area contributed by atoms with Crippen LogP contribution < -0.4 is 10.5 Å². The van der Waals surface area contributed by atoms with Crippen LogP contribution in [0, 0.1) is 11.0 Å². The van der Waals surface area contributed by atoms with Crippen molar-refractivity contribution in [2.45, 2.75) is 31.0 Å². The largest absolute Gasteiger partial charge is 0.740 e. The van der Waals surface area contributed by atoms with Gasteiger partial charge in [-0.25, -0.2) is 4.39 Å². The molecule has 0 radical (unpaired) electrons. The van der Waals surface area contributed by atoms with Gasteiger partial charge in [-0.05, 0) is 6.92 Å². The molecule has 0 unspecified atom stereocenters. The number of nitrogens with zero attached hydrogens (tertiary/aromatic N) is 3. The molecule has 0 bridgehead atoms. The Hall–Kier alpha value is -2.01. The molecular formula is C12H15FN4O5. The summed E-state index contributed by atoms with van der Waals surface area (Å²) in [6.45, 7) is 0.771. The maximum Gasteiger partial charge on any atom is 0.235 e. The number of nitrogen functional groups attached to an aromatic ring is 1. The number of hydrogen-bond acceptors (Lipinski definition) is 7. The molecule has 0 saturated carbocycles. The summed E-state index contributed by atoms with van der Waals surface area (Å²) >= 11 is 0. The fourth-order valence-electron chi connectivity index (χ4n) is 2.70. The van der Waals surface area contributed by atoms with Crippen LogP contribution in [0.2, 0.25) is 0 Å². The summed E-state index contributed by atoms with van der Waals surface area (Å²) in [5.41, 5.74) is 3.73. The Morgan fingerprint density at radius 2 is 2.32 bits per heavy atom. The molecule has 120 valence electrons. The number of rotatable bonds is 2. The SMILES string of the molecule is C[C@@]1(O)[C@H](O)[C@@H](CO)O[C@H]1n1cc(F)c2c(N)[n+]([O-])cnc21. The lowest BCUT2D eigenvalue weighted by Gasteiger charge is -2.27. The molecule has 5 N–H and O–H groups in total. The molecule has 0 aromatic carbocycles. The molecule has 3 rings (SSSR count). The lowest BCUT2D eigenvalue weighted by atomic mass is 9.96. The van der Waals surface area contributed by atoms with E-state index in [0.29, 0.717) is 0 Å². The molecule has 1 aliphatic heterocycles. The lowest BCUT2D eigenvalue weighted by Crippen LogP contribution is -2.44. The van der Waals surface area contributed by atoms with E-state index in [1.165, 1.54) is 6.92 Å². The van der Waals surface area contributed by atoms with Crippen molar-refractivity contribution < 1.29 is 29.2 Å². The van der Waals surface area contributed by atoms with Crippen LogP contribution in [0.15, 0.2) is 12.5 Å². The molecule has 1 saturated heterocycles. The summed E-state index contributed by atoms with van der Waals surface area (Å²) in [7, 11) is 0. The van der Waals surface area contributed by atoms with E-state index < -0.39 is 36.5 Å². The maximum absolute atomic E-state index is 14.1. The van der Waals surface area contributed by atoms with Gasteiger partial charge in [0.25, 0.3) is 0 Å². The molecular weight excluding hydrogens is 299 g/mol. The summed E-state index contributed by atoms with van der Waals surface area (Å²) in [6.07, 6.45) is -1.79. The molecule has 0 spiro atoms. The van der Waals surface area contributed by atoms with Crippen molar-refractivity contribution in [3.8, 4) is 0 Å². The minimum Gasteiger partial charge on any atom is -0.740 e. The van der Waals surface area contributed by atoms with Crippen molar-refractivity contribution >= 4 is 16.9 Å². The van der Waals surface area contributed by atoms with Crippen molar-refractivity contribution in [2.75, 3.05) is 12.3 Å². The highest BCUT2D eigenvalue weighted by Crippen LogP contribution is 2.40. The molecule has 2 aromatic rings. The van der Waals surface area contributed by atoms with Crippen molar-refractivity contribution in [2.24, 2.45) is 0 Å². The highest BCUT2D eigenvalue weighted by atomic mass is 19.1. The average Bonchev–Trinajstić information content (AvgIpc) is 2.91. The van der Waals surface area contributed by atoms with Gasteiger partial charge in [0.05, 0.1) is 6.61 Å². The van der Waals surface area contributed by atoms with Gasteiger partial charge in [0, 0.05) is 6.20 Å². The van der Waals surface area contributed by atoms with Gasteiger partial charge in [-0.1, -0.05) is 4.98 Å². The number of fused-ring (bicyclic) bond motifs is 1. The topological polar surface area (TPSA) is 141 Å². The van der Waals surface area contributed by atoms with E-state index in [2.05, 4.69) is 4.98 Å². The molecule has 0 aliphatic carbocycles. The summed E-state index contributed by atoms with van der Waals surface area (Å²) in [5, 5.41) is 40.8. The first-order valence-corrected chi connectivity index (χ1v) is 6.49. The second kappa shape index (κ2) is 4.74. The minimum atomic E-state index is -1.80. The molecule has 4 atom stereocenters. The predicted octanol–water partition coefficient (Wildman–Crippen LogP) is -1.61. The van der Waals surface area contributed by atoms with Gasteiger partial charge < -0.3 is 31.0 Å². The smallest absolute Gasteiger partial charge is 0.235 e. The Morgan fingerprint density at radius 3 is 2.91 bits per heavy atom. The van der Waals surface area contributed by atoms with E-state index in [9.17, 15) is 24.9 Å². The second-order valence-corrected chi connectivity index (χ2v) is 5.42. The summed E-state index contributed by atoms with van der Waals surface area (Å²) in [5.74, 6) is -1.19. The van der Waals surface area contributed by atoms with Crippen LogP contribution in [0.4, 0.5) is 10.2 Å². The van der Waals surface area contributed by atoms with E-state index in [0.717, 1.165) is 17.1 Å². The second-order valence-electron chi connectivity index (χ2n) is 5.42. The Kier molecular flexibility index (Phi) is 3.22. The van der Waals surface area contributed by atoms with Crippen LogP contribution in [-0.4, -0.2) is 49.3 Å². The third-order valence-electron chi connectivity index (χ3n) is 3.93. The first-order chi connectivity index (χ1) is 10.3. The zero-order valence-corrected chi connectivity index (χ0v) is 11.5. The molecule has 1 aliphatic rings. The first-order valence-electron chi connectivity index (χ1n) is 6.49. The van der Waals surface area contributed by atoms with E-state index in [4.69, 9.17) is 10.5 Å². The highest BCUT2D eigenvalue weighted by Gasteiger charge is 2.53. The van der Waals surface area contributed by atoms with Gasteiger partial charge >= 0.3 is 0 Å². The number of anilines is 1. The van der Waals surface area contributed by atoms with Gasteiger partial charge in [-0.15, -0.1) is 0 Å². The van der Waals surface area contributed by atoms with Crippen molar-refractivity contribution in [3.05, 3.63) is 23.5 Å². The standard InChI is InChI=1S/C12H15FN4O5/c1-12(20)8(19)6(3-18)22-11(12)16-2-5(13)7-9(14)17(21)4-15-10(7)16/h2,4,6,8,11,18-20H,3,14H2,1H3/t6-,8-,11-,12-/m1/s1. The van der Waals surface area contributed by atoms with Gasteiger partial charge in [0.15, 0.2) is 12.0 Å². The Labute approximate surface area is 123 Å². The van der Waals surface area contributed by atoms with Crippen molar-refractivity contribution in [1.82, 2.24) is 9.55 Å². The molecule has 2 aromatic heterocycles. The van der Waals surface area contributed by atoms with Crippen LogP contribution in [0.3, 0.4) is 0 Å². The van der Waals surface area contributed by atoms with Gasteiger partial charge in [0.1, 0.15) is 23.2 Å². The Balaban J connectivity index is 2.17. The molecule has 22 heavy (non-hydrogen) atoms. The van der Waals surface area contributed by atoms with Crippen LogP contribution in [0.25, 0.3) is 11.0 Å². The fourth-order valence-corrected chi connectivity index (χ4v) is 2.70. The number of aliphatic hydroxyl groups is 3. The van der Waals surface area contributed by atoms with Crippen LogP contribution in [0.5, 0.6) is 0 Å². The van der Waals surface area contributed by atoms with Gasteiger partial charge in [-0.2, -0.15) is 0 Å². The first kappa shape index (κ1) is 14.9. The van der Waals surface area contributed by atoms with E-state index in [1.807, 2.05) is 0 Å². The Morgan fingerprint density at radius 1 is 1.64 bits per heavy atom. The number of hydrogen-bond donors (Lipinski definition) is 4. The van der Waals surface area contributed by atoms with Crippen LogP contribution in [0.1, 0.15) is 13.2 Å². The average molecular weight is 314 g/mol. The molecule has 9 nitrogen and oxygen atoms in total. The minimum absolute atomic E-state index is 0.0156. The van der Waals surface area contributed by atoms with E-state index in [-0.39, 0.29) is 21.6 Å². The molecule has 10 heteroatoms. The van der Waals surface area contributed by atoms with Crippen LogP contribution in [-0.2, 0) is 4.74 Å².